The normalized spacial score (nSPS) is 25.9. The molecule has 10 heavy (non-hydrogen) atoms. The highest BCUT2D eigenvalue weighted by molar-refractivity contribution is 5.98. The van der Waals surface area contributed by atoms with Crippen molar-refractivity contribution in [1.29, 1.82) is 0 Å². The van der Waals surface area contributed by atoms with E-state index in [0.29, 0.717) is 5.76 Å². The summed E-state index contributed by atoms with van der Waals surface area (Å²) in [6.07, 6.45) is 0.863. The van der Waals surface area contributed by atoms with Crippen LogP contribution in [-0.2, 0) is 9.53 Å². The van der Waals surface area contributed by atoms with Crippen LogP contribution in [-0.4, -0.2) is 12.9 Å². The van der Waals surface area contributed by atoms with Gasteiger partial charge in [0.25, 0.3) is 0 Å². The average Bonchev–Trinajstić information content (AvgIpc) is 2.09. The van der Waals surface area contributed by atoms with Crippen LogP contribution >= 0.6 is 0 Å². The number of rotatable bonds is 1. The standard InChI is InChI=1S/C8H12O2/c1-5-4-6(2)8(10-3)7(5)9/h5H,4H2,1-3H3/t5-/m0/s1. The molecule has 0 aromatic carbocycles. The number of carbonyl (C=O) groups excluding carboxylic acids is 1. The fourth-order valence-corrected chi connectivity index (χ4v) is 1.35. The first-order chi connectivity index (χ1) is 4.66. The Morgan fingerprint density at radius 3 is 2.40 bits per heavy atom. The number of methoxy groups -OCH3 is 1. The first-order valence-corrected chi connectivity index (χ1v) is 3.44. The molecule has 0 fully saturated rings. The Kier molecular flexibility index (Phi) is 1.79. The maximum absolute atomic E-state index is 11.2. The van der Waals surface area contributed by atoms with Crippen LogP contribution in [0.2, 0.25) is 0 Å². The van der Waals surface area contributed by atoms with E-state index in [2.05, 4.69) is 0 Å². The minimum Gasteiger partial charge on any atom is -0.493 e. The molecule has 0 aromatic heterocycles. The third-order valence-corrected chi connectivity index (χ3v) is 1.88. The molecule has 0 saturated carbocycles. The van der Waals surface area contributed by atoms with Crippen LogP contribution in [0.1, 0.15) is 20.3 Å². The molecule has 0 spiro atoms. The summed E-state index contributed by atoms with van der Waals surface area (Å²) >= 11 is 0. The fourth-order valence-electron chi connectivity index (χ4n) is 1.35. The zero-order chi connectivity index (χ0) is 7.72. The summed E-state index contributed by atoms with van der Waals surface area (Å²) in [5.41, 5.74) is 1.08. The van der Waals surface area contributed by atoms with Crippen molar-refractivity contribution in [2.75, 3.05) is 7.11 Å². The lowest BCUT2D eigenvalue weighted by Crippen LogP contribution is -2.06. The summed E-state index contributed by atoms with van der Waals surface area (Å²) in [5, 5.41) is 0. The molecule has 1 aliphatic rings. The average molecular weight is 140 g/mol. The van der Waals surface area contributed by atoms with E-state index in [-0.39, 0.29) is 11.7 Å². The van der Waals surface area contributed by atoms with E-state index < -0.39 is 0 Å². The zero-order valence-electron chi connectivity index (χ0n) is 6.60. The van der Waals surface area contributed by atoms with Gasteiger partial charge in [0, 0.05) is 5.92 Å². The molecule has 1 rings (SSSR count). The molecule has 56 valence electrons. The van der Waals surface area contributed by atoms with E-state index in [1.165, 1.54) is 0 Å². The van der Waals surface area contributed by atoms with Crippen molar-refractivity contribution < 1.29 is 9.53 Å². The van der Waals surface area contributed by atoms with Gasteiger partial charge in [-0.25, -0.2) is 0 Å². The van der Waals surface area contributed by atoms with Crippen LogP contribution in [0.15, 0.2) is 11.3 Å². The molecule has 0 aliphatic heterocycles. The molecule has 1 aliphatic carbocycles. The number of hydrogen-bond donors (Lipinski definition) is 0. The maximum atomic E-state index is 11.2. The molecular weight excluding hydrogens is 128 g/mol. The number of hydrogen-bond acceptors (Lipinski definition) is 2. The quantitative estimate of drug-likeness (QED) is 0.552. The third-order valence-electron chi connectivity index (χ3n) is 1.88. The van der Waals surface area contributed by atoms with E-state index in [1.54, 1.807) is 7.11 Å². The second-order valence-electron chi connectivity index (χ2n) is 2.78. The van der Waals surface area contributed by atoms with Gasteiger partial charge in [0.05, 0.1) is 7.11 Å². The van der Waals surface area contributed by atoms with Crippen LogP contribution < -0.4 is 0 Å². The van der Waals surface area contributed by atoms with Gasteiger partial charge in [-0.3, -0.25) is 4.79 Å². The van der Waals surface area contributed by atoms with Crippen LogP contribution in [0.5, 0.6) is 0 Å². The second kappa shape index (κ2) is 2.45. The van der Waals surface area contributed by atoms with Gasteiger partial charge in [-0.2, -0.15) is 0 Å². The van der Waals surface area contributed by atoms with Crippen LogP contribution in [0.4, 0.5) is 0 Å². The Balaban J connectivity index is 2.85. The van der Waals surface area contributed by atoms with Crippen molar-refractivity contribution in [1.82, 2.24) is 0 Å². The van der Waals surface area contributed by atoms with Crippen molar-refractivity contribution in [2.45, 2.75) is 20.3 Å². The van der Waals surface area contributed by atoms with Gasteiger partial charge < -0.3 is 4.74 Å². The van der Waals surface area contributed by atoms with E-state index in [1.807, 2.05) is 13.8 Å². The van der Waals surface area contributed by atoms with Crippen molar-refractivity contribution in [2.24, 2.45) is 5.92 Å². The molecule has 1 atom stereocenters. The number of Topliss-reactive ketones (excluding diaryl/α,β-unsaturated/α-hetero) is 1. The summed E-state index contributed by atoms with van der Waals surface area (Å²) < 4.78 is 4.94. The lowest BCUT2D eigenvalue weighted by Gasteiger charge is -1.99. The van der Waals surface area contributed by atoms with E-state index >= 15 is 0 Å². The summed E-state index contributed by atoms with van der Waals surface area (Å²) in [4.78, 5) is 11.2. The highest BCUT2D eigenvalue weighted by atomic mass is 16.5. The van der Waals surface area contributed by atoms with Gasteiger partial charge in [0.15, 0.2) is 11.5 Å². The first-order valence-electron chi connectivity index (χ1n) is 3.44. The summed E-state index contributed by atoms with van der Waals surface area (Å²) in [6.45, 7) is 3.87. The topological polar surface area (TPSA) is 26.3 Å². The van der Waals surface area contributed by atoms with Crippen LogP contribution in [0.25, 0.3) is 0 Å². The maximum Gasteiger partial charge on any atom is 0.200 e. The number of carbonyl (C=O) groups is 1. The largest absolute Gasteiger partial charge is 0.493 e. The molecule has 0 N–H and O–H groups in total. The number of allylic oxidation sites excluding steroid dienone is 2. The van der Waals surface area contributed by atoms with Gasteiger partial charge in [0.2, 0.25) is 0 Å². The van der Waals surface area contributed by atoms with E-state index in [4.69, 9.17) is 4.74 Å². The Labute approximate surface area is 60.9 Å². The lowest BCUT2D eigenvalue weighted by atomic mass is 10.1. The number of ether oxygens (including phenoxy) is 1. The van der Waals surface area contributed by atoms with Gasteiger partial charge in [0.1, 0.15) is 0 Å². The van der Waals surface area contributed by atoms with Crippen molar-refractivity contribution in [3.63, 3.8) is 0 Å². The first kappa shape index (κ1) is 7.32. The Morgan fingerprint density at radius 1 is 1.60 bits per heavy atom. The molecule has 0 radical (unpaired) electrons. The molecular formula is C8H12O2. The molecule has 2 heteroatoms. The SMILES string of the molecule is COC1=C(C)C[C@H](C)C1=O. The van der Waals surface area contributed by atoms with Crippen LogP contribution in [0, 0.1) is 5.92 Å². The third kappa shape index (κ3) is 0.939. The lowest BCUT2D eigenvalue weighted by molar-refractivity contribution is -0.120. The predicted octanol–water partition coefficient (Wildman–Crippen LogP) is 1.52. The molecule has 0 aromatic rings. The minimum absolute atomic E-state index is 0.134. The van der Waals surface area contributed by atoms with Crippen molar-refractivity contribution in [3.8, 4) is 0 Å². The Morgan fingerprint density at radius 2 is 2.20 bits per heavy atom. The van der Waals surface area contributed by atoms with Gasteiger partial charge in [-0.1, -0.05) is 6.92 Å². The van der Waals surface area contributed by atoms with Gasteiger partial charge in [-0.15, -0.1) is 0 Å². The molecule has 2 nitrogen and oxygen atoms in total. The molecule has 0 unspecified atom stereocenters. The fraction of sp³-hybridized carbons (Fsp3) is 0.625. The molecule has 0 heterocycles. The predicted molar refractivity (Wildman–Crippen MR) is 38.5 cm³/mol. The monoisotopic (exact) mass is 140 g/mol. The highest BCUT2D eigenvalue weighted by Gasteiger charge is 2.27. The summed E-state index contributed by atoms with van der Waals surface area (Å²) in [5.74, 6) is 0.863. The summed E-state index contributed by atoms with van der Waals surface area (Å²) in [7, 11) is 1.55. The zero-order valence-corrected chi connectivity index (χ0v) is 6.60. The number of ketones is 1. The summed E-state index contributed by atoms with van der Waals surface area (Å²) in [6, 6.07) is 0. The Bertz CT molecular complexity index is 191. The van der Waals surface area contributed by atoms with Gasteiger partial charge in [-0.05, 0) is 18.9 Å². The molecule has 0 saturated heterocycles. The van der Waals surface area contributed by atoms with Gasteiger partial charge >= 0.3 is 0 Å². The smallest absolute Gasteiger partial charge is 0.200 e. The minimum atomic E-state index is 0.134. The second-order valence-corrected chi connectivity index (χ2v) is 2.78. The molecule has 0 bridgehead atoms. The van der Waals surface area contributed by atoms with Crippen LogP contribution in [0.3, 0.4) is 0 Å². The Hall–Kier alpha value is -0.790. The molecule has 0 amide bonds. The van der Waals surface area contributed by atoms with E-state index in [0.717, 1.165) is 12.0 Å². The van der Waals surface area contributed by atoms with Crippen molar-refractivity contribution >= 4 is 5.78 Å². The van der Waals surface area contributed by atoms with Crippen molar-refractivity contribution in [3.05, 3.63) is 11.3 Å². The highest BCUT2D eigenvalue weighted by Crippen LogP contribution is 2.27. The van der Waals surface area contributed by atoms with E-state index in [9.17, 15) is 4.79 Å².